The molecule has 0 saturated heterocycles. The van der Waals surface area contributed by atoms with Crippen LogP contribution in [0.1, 0.15) is 67.8 Å². The first kappa shape index (κ1) is 19.5. The van der Waals surface area contributed by atoms with Gasteiger partial charge in [0.25, 0.3) is 5.91 Å². The van der Waals surface area contributed by atoms with Crippen LogP contribution in [-0.4, -0.2) is 12.0 Å². The minimum absolute atomic E-state index is 0.0138. The molecule has 2 atom stereocenters. The van der Waals surface area contributed by atoms with Crippen LogP contribution in [0.25, 0.3) is 0 Å². The first-order valence-corrected chi connectivity index (χ1v) is 10.3. The Morgan fingerprint density at radius 2 is 1.78 bits per heavy atom. The molecule has 0 aliphatic heterocycles. The molecule has 2 aromatic carbocycles. The minimum Gasteiger partial charge on any atom is -0.481 e. The molecule has 0 radical (unpaired) electrons. The molecule has 144 valence electrons. The van der Waals surface area contributed by atoms with Crippen LogP contribution < -0.4 is 10.1 Å². The summed E-state index contributed by atoms with van der Waals surface area (Å²) >= 11 is 0. The van der Waals surface area contributed by atoms with E-state index >= 15 is 0 Å². The maximum absolute atomic E-state index is 12.9. The first-order valence-electron chi connectivity index (χ1n) is 10.3. The number of hydrogen-bond acceptors (Lipinski definition) is 2. The van der Waals surface area contributed by atoms with Gasteiger partial charge in [0.1, 0.15) is 5.75 Å². The summed E-state index contributed by atoms with van der Waals surface area (Å²) in [6, 6.07) is 14.6. The fourth-order valence-electron chi connectivity index (χ4n) is 3.91. The Morgan fingerprint density at radius 3 is 2.48 bits per heavy atom. The summed E-state index contributed by atoms with van der Waals surface area (Å²) in [5.74, 6) is 0.770. The van der Waals surface area contributed by atoms with Gasteiger partial charge in [-0.15, -0.1) is 0 Å². The molecule has 1 aliphatic carbocycles. The van der Waals surface area contributed by atoms with Gasteiger partial charge in [0.15, 0.2) is 6.10 Å². The van der Waals surface area contributed by atoms with Crippen LogP contribution in [0.15, 0.2) is 42.5 Å². The van der Waals surface area contributed by atoms with E-state index in [1.165, 1.54) is 35.1 Å². The molecular weight excluding hydrogens is 334 g/mol. The van der Waals surface area contributed by atoms with Gasteiger partial charge in [0.2, 0.25) is 0 Å². The molecule has 27 heavy (non-hydrogen) atoms. The third-order valence-electron chi connectivity index (χ3n) is 5.55. The number of fused-ring (bicyclic) bond motifs is 1. The van der Waals surface area contributed by atoms with E-state index in [-0.39, 0.29) is 11.9 Å². The largest absolute Gasteiger partial charge is 0.481 e. The third-order valence-corrected chi connectivity index (χ3v) is 5.55. The molecule has 1 amide bonds. The van der Waals surface area contributed by atoms with E-state index in [0.717, 1.165) is 25.0 Å². The van der Waals surface area contributed by atoms with E-state index in [4.69, 9.17) is 4.74 Å². The van der Waals surface area contributed by atoms with Crippen molar-refractivity contribution in [1.29, 1.82) is 0 Å². The molecule has 0 heterocycles. The summed E-state index contributed by atoms with van der Waals surface area (Å²) in [5.41, 5.74) is 5.18. The average Bonchev–Trinajstić information content (AvgIpc) is 2.70. The van der Waals surface area contributed by atoms with Crippen LogP contribution in [0.4, 0.5) is 0 Å². The number of hydrogen-bond donors (Lipinski definition) is 1. The highest BCUT2D eigenvalue weighted by Crippen LogP contribution is 2.26. The molecule has 0 unspecified atom stereocenters. The lowest BCUT2D eigenvalue weighted by Crippen LogP contribution is -2.40. The van der Waals surface area contributed by atoms with E-state index < -0.39 is 6.10 Å². The summed E-state index contributed by atoms with van der Waals surface area (Å²) < 4.78 is 6.09. The third kappa shape index (κ3) is 4.71. The van der Waals surface area contributed by atoms with E-state index in [2.05, 4.69) is 43.4 Å². The Bertz CT molecular complexity index is 784. The predicted octanol–water partition coefficient (Wildman–Crippen LogP) is 5.30. The van der Waals surface area contributed by atoms with Crippen molar-refractivity contribution in [2.75, 3.05) is 0 Å². The average molecular weight is 366 g/mol. The molecule has 0 aromatic heterocycles. The van der Waals surface area contributed by atoms with Crippen molar-refractivity contribution in [3.8, 4) is 5.75 Å². The zero-order valence-corrected chi connectivity index (χ0v) is 16.8. The summed E-state index contributed by atoms with van der Waals surface area (Å²) in [6.07, 6.45) is 5.80. The Morgan fingerprint density at radius 1 is 1.04 bits per heavy atom. The van der Waals surface area contributed by atoms with Gasteiger partial charge in [0.05, 0.1) is 6.04 Å². The molecule has 1 N–H and O–H groups in total. The van der Waals surface area contributed by atoms with Crippen molar-refractivity contribution in [3.63, 3.8) is 0 Å². The van der Waals surface area contributed by atoms with Gasteiger partial charge < -0.3 is 10.1 Å². The summed E-state index contributed by atoms with van der Waals surface area (Å²) in [7, 11) is 0. The van der Waals surface area contributed by atoms with Crippen LogP contribution in [0.5, 0.6) is 5.75 Å². The zero-order chi connectivity index (χ0) is 19.2. The number of amides is 1. The second kappa shape index (κ2) is 9.07. The molecule has 2 aromatic rings. The topological polar surface area (TPSA) is 38.3 Å². The highest BCUT2D eigenvalue weighted by molar-refractivity contribution is 5.81. The van der Waals surface area contributed by atoms with Crippen molar-refractivity contribution in [3.05, 3.63) is 64.7 Å². The SMILES string of the molecule is CC[C@@H](Oc1ccc2c(c1)CCCC2)C(=O)N[C@H](CC)c1ccccc1C. The second-order valence-corrected chi connectivity index (χ2v) is 7.48. The molecule has 0 spiro atoms. The molecular formula is C24H31NO2. The Balaban J connectivity index is 1.69. The zero-order valence-electron chi connectivity index (χ0n) is 16.8. The first-order chi connectivity index (χ1) is 13.1. The fraction of sp³-hybridized carbons (Fsp3) is 0.458. The summed E-state index contributed by atoms with van der Waals surface area (Å²) in [5, 5.41) is 3.19. The number of carbonyl (C=O) groups is 1. The van der Waals surface area contributed by atoms with E-state index in [0.29, 0.717) is 6.42 Å². The summed E-state index contributed by atoms with van der Waals surface area (Å²) in [6.45, 7) is 6.19. The number of aryl methyl sites for hydroxylation is 3. The van der Waals surface area contributed by atoms with Gasteiger partial charge in [-0.05, 0) is 79.8 Å². The molecule has 1 aliphatic rings. The van der Waals surface area contributed by atoms with Crippen LogP contribution in [0, 0.1) is 6.92 Å². The lowest BCUT2D eigenvalue weighted by Gasteiger charge is -2.24. The highest BCUT2D eigenvalue weighted by atomic mass is 16.5. The number of benzene rings is 2. The van der Waals surface area contributed by atoms with Crippen LogP contribution in [-0.2, 0) is 17.6 Å². The molecule has 0 saturated carbocycles. The lowest BCUT2D eigenvalue weighted by atomic mass is 9.92. The Labute approximate surface area is 163 Å². The molecule has 3 rings (SSSR count). The minimum atomic E-state index is -0.468. The van der Waals surface area contributed by atoms with Crippen molar-refractivity contribution >= 4 is 5.91 Å². The highest BCUT2D eigenvalue weighted by Gasteiger charge is 2.23. The van der Waals surface area contributed by atoms with Crippen LogP contribution >= 0.6 is 0 Å². The van der Waals surface area contributed by atoms with Gasteiger partial charge >= 0.3 is 0 Å². The number of rotatable bonds is 7. The van der Waals surface area contributed by atoms with Gasteiger partial charge in [-0.1, -0.05) is 44.2 Å². The Hall–Kier alpha value is -2.29. The summed E-state index contributed by atoms with van der Waals surface area (Å²) in [4.78, 5) is 12.9. The smallest absolute Gasteiger partial charge is 0.261 e. The number of nitrogens with one attached hydrogen (secondary N) is 1. The van der Waals surface area contributed by atoms with Crippen LogP contribution in [0.3, 0.4) is 0 Å². The van der Waals surface area contributed by atoms with Gasteiger partial charge in [0, 0.05) is 0 Å². The second-order valence-electron chi connectivity index (χ2n) is 7.48. The van der Waals surface area contributed by atoms with Crippen molar-refractivity contribution in [2.45, 2.75) is 71.4 Å². The van der Waals surface area contributed by atoms with Crippen molar-refractivity contribution < 1.29 is 9.53 Å². The van der Waals surface area contributed by atoms with Gasteiger partial charge in [-0.3, -0.25) is 4.79 Å². The molecule has 0 fully saturated rings. The molecule has 3 nitrogen and oxygen atoms in total. The van der Waals surface area contributed by atoms with Crippen LogP contribution in [0.2, 0.25) is 0 Å². The molecule has 0 bridgehead atoms. The Kier molecular flexibility index (Phi) is 6.54. The quantitative estimate of drug-likeness (QED) is 0.723. The van der Waals surface area contributed by atoms with E-state index in [1.54, 1.807) is 0 Å². The van der Waals surface area contributed by atoms with Crippen molar-refractivity contribution in [2.24, 2.45) is 0 Å². The monoisotopic (exact) mass is 365 g/mol. The van der Waals surface area contributed by atoms with Crippen molar-refractivity contribution in [1.82, 2.24) is 5.32 Å². The fourth-order valence-corrected chi connectivity index (χ4v) is 3.91. The van der Waals surface area contributed by atoms with E-state index in [1.807, 2.05) is 25.1 Å². The van der Waals surface area contributed by atoms with E-state index in [9.17, 15) is 4.79 Å². The molecule has 3 heteroatoms. The normalized spacial score (nSPS) is 15.5. The maximum atomic E-state index is 12.9. The maximum Gasteiger partial charge on any atom is 0.261 e. The van der Waals surface area contributed by atoms with Gasteiger partial charge in [-0.25, -0.2) is 0 Å². The number of carbonyl (C=O) groups excluding carboxylic acids is 1. The lowest BCUT2D eigenvalue weighted by molar-refractivity contribution is -0.128. The predicted molar refractivity (Wildman–Crippen MR) is 110 cm³/mol. The van der Waals surface area contributed by atoms with Gasteiger partial charge in [-0.2, -0.15) is 0 Å². The number of ether oxygens (including phenoxy) is 1. The standard InChI is InChI=1S/C24H31NO2/c1-4-22(21-13-9-6-10-17(21)3)25-24(26)23(5-2)27-20-15-14-18-11-7-8-12-19(18)16-20/h6,9-10,13-16,22-23H,4-5,7-8,11-12H2,1-3H3,(H,25,26)/t22-,23-/m1/s1.